The predicted octanol–water partition coefficient (Wildman–Crippen LogP) is 4.87. The van der Waals surface area contributed by atoms with Gasteiger partial charge in [0.2, 0.25) is 0 Å². The Morgan fingerprint density at radius 3 is 2.89 bits per heavy atom. The molecular weight excluding hydrogens is 388 g/mol. The van der Waals surface area contributed by atoms with E-state index in [4.69, 9.17) is 4.98 Å². The minimum Gasteiger partial charge on any atom is -0.299 e. The Hall–Kier alpha value is -1.92. The molecule has 0 radical (unpaired) electrons. The number of rotatable bonds is 4. The van der Waals surface area contributed by atoms with Gasteiger partial charge in [-0.05, 0) is 68.7 Å². The van der Waals surface area contributed by atoms with Gasteiger partial charge in [-0.1, -0.05) is 30.8 Å². The van der Waals surface area contributed by atoms with E-state index >= 15 is 0 Å². The fraction of sp³-hybridized carbons (Fsp3) is 0.409. The lowest BCUT2D eigenvalue weighted by atomic mass is 9.89. The van der Waals surface area contributed by atoms with Gasteiger partial charge in [-0.15, -0.1) is 11.3 Å². The molecule has 0 bridgehead atoms. The molecule has 4 rings (SSSR count). The van der Waals surface area contributed by atoms with Crippen LogP contribution in [-0.2, 0) is 17.6 Å². The highest BCUT2D eigenvalue weighted by molar-refractivity contribution is 7.99. The van der Waals surface area contributed by atoms with Crippen LogP contribution in [0.5, 0.6) is 0 Å². The number of thioether (sulfide) groups is 1. The summed E-state index contributed by atoms with van der Waals surface area (Å²) in [5, 5.41) is 1.38. The molecule has 2 aromatic heterocycles. The van der Waals surface area contributed by atoms with Crippen LogP contribution in [0, 0.1) is 19.8 Å². The Labute approximate surface area is 173 Å². The van der Waals surface area contributed by atoms with Crippen molar-refractivity contribution in [2.24, 2.45) is 5.92 Å². The number of nitrogens with zero attached hydrogens (tertiary/aromatic N) is 2. The first-order chi connectivity index (χ1) is 13.3. The molecule has 0 saturated carbocycles. The lowest BCUT2D eigenvalue weighted by Gasteiger charge is -2.18. The number of benzene rings is 1. The van der Waals surface area contributed by atoms with Crippen molar-refractivity contribution in [3.05, 3.63) is 50.1 Å². The van der Waals surface area contributed by atoms with Gasteiger partial charge in [0.15, 0.2) is 5.16 Å². The Kier molecular flexibility index (Phi) is 5.19. The van der Waals surface area contributed by atoms with Gasteiger partial charge >= 0.3 is 0 Å². The molecule has 1 aromatic carbocycles. The Balaban J connectivity index is 2.01. The van der Waals surface area contributed by atoms with E-state index < -0.39 is 0 Å². The predicted molar refractivity (Wildman–Crippen MR) is 117 cm³/mol. The molecule has 1 aliphatic rings. The van der Waals surface area contributed by atoms with Crippen LogP contribution >= 0.6 is 23.1 Å². The normalized spacial score (nSPS) is 16.4. The molecule has 0 aliphatic heterocycles. The highest BCUT2D eigenvalue weighted by Gasteiger charge is 2.25. The Morgan fingerprint density at radius 2 is 2.14 bits per heavy atom. The van der Waals surface area contributed by atoms with E-state index in [0.717, 1.165) is 46.3 Å². The molecule has 6 heteroatoms. The van der Waals surface area contributed by atoms with E-state index in [1.165, 1.54) is 22.2 Å². The lowest BCUT2D eigenvalue weighted by molar-refractivity contribution is -0.114. The zero-order valence-corrected chi connectivity index (χ0v) is 18.3. The van der Waals surface area contributed by atoms with Crippen molar-refractivity contribution in [1.29, 1.82) is 0 Å². The third-order valence-corrected chi connectivity index (χ3v) is 7.54. The van der Waals surface area contributed by atoms with Gasteiger partial charge in [-0.2, -0.15) is 0 Å². The van der Waals surface area contributed by atoms with Crippen LogP contribution in [0.2, 0.25) is 0 Å². The number of aromatic nitrogens is 2. The van der Waals surface area contributed by atoms with Crippen molar-refractivity contribution >= 4 is 39.1 Å². The number of thiophene rings is 1. The van der Waals surface area contributed by atoms with Gasteiger partial charge < -0.3 is 0 Å². The van der Waals surface area contributed by atoms with E-state index in [1.807, 2.05) is 32.0 Å². The van der Waals surface area contributed by atoms with Gasteiger partial charge in [-0.25, -0.2) is 4.98 Å². The van der Waals surface area contributed by atoms with Crippen LogP contribution < -0.4 is 5.56 Å². The molecule has 0 N–H and O–H groups in total. The van der Waals surface area contributed by atoms with Crippen LogP contribution in [0.15, 0.2) is 28.2 Å². The van der Waals surface area contributed by atoms with E-state index in [-0.39, 0.29) is 11.3 Å². The van der Waals surface area contributed by atoms with Crippen LogP contribution in [0.4, 0.5) is 0 Å². The van der Waals surface area contributed by atoms with Crippen molar-refractivity contribution in [3.63, 3.8) is 0 Å². The van der Waals surface area contributed by atoms with Gasteiger partial charge in [-0.3, -0.25) is 14.2 Å². The highest BCUT2D eigenvalue weighted by atomic mass is 32.2. The first kappa shape index (κ1) is 19.4. The second kappa shape index (κ2) is 7.48. The number of fused-ring (bicyclic) bond motifs is 3. The van der Waals surface area contributed by atoms with Crippen molar-refractivity contribution in [1.82, 2.24) is 9.55 Å². The number of ketones is 1. The molecule has 4 nitrogen and oxygen atoms in total. The van der Waals surface area contributed by atoms with Gasteiger partial charge in [0, 0.05) is 4.88 Å². The summed E-state index contributed by atoms with van der Waals surface area (Å²) in [5.74, 6) is 1.03. The molecule has 0 fully saturated rings. The maximum Gasteiger partial charge on any atom is 0.267 e. The zero-order valence-electron chi connectivity index (χ0n) is 16.7. The maximum atomic E-state index is 13.7. The molecule has 0 spiro atoms. The summed E-state index contributed by atoms with van der Waals surface area (Å²) in [6.07, 6.45) is 3.08. The maximum absolute atomic E-state index is 13.7. The van der Waals surface area contributed by atoms with E-state index in [1.54, 1.807) is 22.8 Å². The average Bonchev–Trinajstić information content (AvgIpc) is 2.99. The zero-order chi connectivity index (χ0) is 20.0. The van der Waals surface area contributed by atoms with Gasteiger partial charge in [0.25, 0.3) is 5.56 Å². The minimum atomic E-state index is -0.00296. The van der Waals surface area contributed by atoms with Crippen molar-refractivity contribution < 1.29 is 4.79 Å². The summed E-state index contributed by atoms with van der Waals surface area (Å²) in [4.78, 5) is 32.3. The minimum absolute atomic E-state index is 0.00296. The standard InChI is InChI=1S/C22H24N2O2S2/c1-12-5-7-14(3)17(9-12)24-21(26)19-16-8-6-13(2)10-18(16)28-20(19)23-22(24)27-11-15(4)25/h5,7,9,13H,6,8,10-11H2,1-4H3/t13-/m0/s1. The third kappa shape index (κ3) is 3.44. The number of hydrogen-bond donors (Lipinski definition) is 0. The fourth-order valence-corrected chi connectivity index (χ4v) is 6.04. The van der Waals surface area contributed by atoms with Crippen molar-refractivity contribution in [2.45, 2.75) is 52.1 Å². The molecule has 0 amide bonds. The smallest absolute Gasteiger partial charge is 0.267 e. The molecule has 3 aromatic rings. The molecule has 1 aliphatic carbocycles. The summed E-state index contributed by atoms with van der Waals surface area (Å²) in [5.41, 5.74) is 4.16. The summed E-state index contributed by atoms with van der Waals surface area (Å²) >= 11 is 3.00. The van der Waals surface area contributed by atoms with Crippen molar-refractivity contribution in [3.8, 4) is 5.69 Å². The van der Waals surface area contributed by atoms with Gasteiger partial charge in [0.1, 0.15) is 10.6 Å². The quantitative estimate of drug-likeness (QED) is 0.453. The molecule has 0 saturated heterocycles. The second-order valence-electron chi connectivity index (χ2n) is 7.85. The number of carbonyl (C=O) groups is 1. The van der Waals surface area contributed by atoms with E-state index in [2.05, 4.69) is 6.92 Å². The number of carbonyl (C=O) groups excluding carboxylic acids is 1. The molecule has 0 unspecified atom stereocenters. The largest absolute Gasteiger partial charge is 0.299 e. The molecule has 2 heterocycles. The molecule has 1 atom stereocenters. The number of Topliss-reactive ketones (excluding diaryl/α,β-unsaturated/α-hetero) is 1. The van der Waals surface area contributed by atoms with E-state index in [9.17, 15) is 9.59 Å². The Bertz CT molecular complexity index is 1140. The van der Waals surface area contributed by atoms with Gasteiger partial charge in [0.05, 0.1) is 16.8 Å². The summed E-state index contributed by atoms with van der Waals surface area (Å²) in [6, 6.07) is 6.11. The number of hydrogen-bond acceptors (Lipinski definition) is 5. The van der Waals surface area contributed by atoms with Crippen LogP contribution in [0.25, 0.3) is 15.9 Å². The molecular formula is C22H24N2O2S2. The fourth-order valence-electron chi connectivity index (χ4n) is 3.81. The summed E-state index contributed by atoms with van der Waals surface area (Å²) < 4.78 is 1.73. The molecule has 28 heavy (non-hydrogen) atoms. The highest BCUT2D eigenvalue weighted by Crippen LogP contribution is 2.37. The monoisotopic (exact) mass is 412 g/mol. The SMILES string of the molecule is CC(=O)CSc1nc2sc3c(c2c(=O)n1-c1cc(C)ccc1C)CC[C@H](C)C3. The summed E-state index contributed by atoms with van der Waals surface area (Å²) in [7, 11) is 0. The lowest BCUT2D eigenvalue weighted by Crippen LogP contribution is -2.23. The number of aryl methyl sites for hydroxylation is 3. The van der Waals surface area contributed by atoms with Crippen LogP contribution in [0.3, 0.4) is 0 Å². The first-order valence-corrected chi connectivity index (χ1v) is 11.4. The molecule has 146 valence electrons. The van der Waals surface area contributed by atoms with Crippen LogP contribution in [0.1, 0.15) is 41.8 Å². The van der Waals surface area contributed by atoms with E-state index in [0.29, 0.717) is 16.8 Å². The van der Waals surface area contributed by atoms with Crippen molar-refractivity contribution in [2.75, 3.05) is 5.75 Å². The third-order valence-electron chi connectivity index (χ3n) is 5.31. The Morgan fingerprint density at radius 1 is 1.36 bits per heavy atom. The average molecular weight is 413 g/mol. The topological polar surface area (TPSA) is 52.0 Å². The second-order valence-corrected chi connectivity index (χ2v) is 9.87. The van der Waals surface area contributed by atoms with Crippen LogP contribution in [-0.4, -0.2) is 21.1 Å². The summed E-state index contributed by atoms with van der Waals surface area (Å²) in [6.45, 7) is 7.87. The first-order valence-electron chi connectivity index (χ1n) is 9.62.